The van der Waals surface area contributed by atoms with Gasteiger partial charge in [-0.25, -0.2) is 17.9 Å². The van der Waals surface area contributed by atoms with Crippen molar-refractivity contribution < 1.29 is 17.6 Å². The highest BCUT2D eigenvalue weighted by Gasteiger charge is 2.15. The quantitative estimate of drug-likeness (QED) is 0.505. The number of benzene rings is 2. The maximum absolute atomic E-state index is 12.5. The molecule has 6 nitrogen and oxygen atoms in total. The Kier molecular flexibility index (Phi) is 5.58. The third-order valence-corrected chi connectivity index (χ3v) is 5.74. The molecule has 0 saturated heterocycles. The van der Waals surface area contributed by atoms with Gasteiger partial charge in [0.1, 0.15) is 17.9 Å². The molecule has 7 heteroatoms. The molecule has 0 atom stereocenters. The van der Waals surface area contributed by atoms with Crippen LogP contribution in [-0.2, 0) is 15.4 Å². The molecule has 0 spiro atoms. The Hall–Kier alpha value is -2.64. The van der Waals surface area contributed by atoms with E-state index < -0.39 is 15.6 Å². The summed E-state index contributed by atoms with van der Waals surface area (Å²) in [5.74, 6) is 0.688. The molecule has 0 saturated carbocycles. The summed E-state index contributed by atoms with van der Waals surface area (Å²) in [6.45, 7) is 6.75. The molecule has 0 aliphatic rings. The lowest BCUT2D eigenvalue weighted by Crippen LogP contribution is -2.28. The third-order valence-electron chi connectivity index (χ3n) is 4.28. The zero-order chi connectivity index (χ0) is 20.4. The summed E-state index contributed by atoms with van der Waals surface area (Å²) in [7, 11) is -3.69. The molecule has 0 fully saturated rings. The molecule has 0 unspecified atom stereocenters. The van der Waals surface area contributed by atoms with E-state index in [9.17, 15) is 13.2 Å². The van der Waals surface area contributed by atoms with Crippen LogP contribution < -0.4 is 15.1 Å². The van der Waals surface area contributed by atoms with E-state index in [1.165, 1.54) is 35.9 Å². The molecule has 1 heterocycles. The molecule has 3 rings (SSSR count). The zero-order valence-corrected chi connectivity index (χ0v) is 16.9. The monoisotopic (exact) mass is 401 g/mol. The van der Waals surface area contributed by atoms with Crippen molar-refractivity contribution in [2.45, 2.75) is 31.1 Å². The van der Waals surface area contributed by atoms with Crippen LogP contribution in [0.1, 0.15) is 26.3 Å². The minimum Gasteiger partial charge on any atom is -0.492 e. The molecule has 0 amide bonds. The van der Waals surface area contributed by atoms with Crippen molar-refractivity contribution in [2.75, 3.05) is 13.2 Å². The first-order valence-electron chi connectivity index (χ1n) is 8.92. The van der Waals surface area contributed by atoms with E-state index >= 15 is 0 Å². The number of ether oxygens (including phenoxy) is 1. The molecule has 0 bridgehead atoms. The van der Waals surface area contributed by atoms with Gasteiger partial charge >= 0.3 is 5.63 Å². The van der Waals surface area contributed by atoms with E-state index in [2.05, 4.69) is 25.5 Å². The highest BCUT2D eigenvalue weighted by atomic mass is 32.2. The van der Waals surface area contributed by atoms with Crippen molar-refractivity contribution in [3.05, 3.63) is 70.6 Å². The summed E-state index contributed by atoms with van der Waals surface area (Å²) in [6.07, 6.45) is 0. The minimum atomic E-state index is -3.69. The van der Waals surface area contributed by atoms with E-state index in [0.717, 1.165) is 0 Å². The average Bonchev–Trinajstić information content (AvgIpc) is 2.64. The first-order chi connectivity index (χ1) is 13.1. The highest BCUT2D eigenvalue weighted by molar-refractivity contribution is 7.89. The summed E-state index contributed by atoms with van der Waals surface area (Å²) in [5, 5.41) is 0.540. The van der Waals surface area contributed by atoms with Crippen LogP contribution in [0.4, 0.5) is 0 Å². The molecule has 3 aromatic rings. The van der Waals surface area contributed by atoms with Crippen molar-refractivity contribution in [3.8, 4) is 5.75 Å². The van der Waals surface area contributed by atoms with Gasteiger partial charge < -0.3 is 9.15 Å². The van der Waals surface area contributed by atoms with Gasteiger partial charge in [0.15, 0.2) is 0 Å². The van der Waals surface area contributed by atoms with Crippen LogP contribution in [0.2, 0.25) is 0 Å². The molecule has 2 aromatic carbocycles. The van der Waals surface area contributed by atoms with E-state index in [1.54, 1.807) is 0 Å². The minimum absolute atomic E-state index is 0.0660. The van der Waals surface area contributed by atoms with Crippen LogP contribution in [-0.4, -0.2) is 21.6 Å². The predicted molar refractivity (Wildman–Crippen MR) is 108 cm³/mol. The normalized spacial score (nSPS) is 12.2. The molecule has 0 radical (unpaired) electrons. The van der Waals surface area contributed by atoms with Gasteiger partial charge in [0.05, 0.1) is 4.90 Å². The number of nitrogens with one attached hydrogen (secondary N) is 1. The molecule has 1 N–H and O–H groups in total. The van der Waals surface area contributed by atoms with Gasteiger partial charge in [-0.05, 0) is 47.4 Å². The SMILES string of the molecule is CC(C)(C)c1ccc(OCCNS(=O)(=O)c2ccc3oc(=O)ccc3c2)cc1. The number of fused-ring (bicyclic) bond motifs is 1. The summed E-state index contributed by atoms with van der Waals surface area (Å²) in [6, 6.07) is 14.9. The summed E-state index contributed by atoms with van der Waals surface area (Å²) < 4.78 is 38.0. The fraction of sp³-hybridized carbons (Fsp3) is 0.286. The molecule has 0 aliphatic heterocycles. The second-order valence-corrected chi connectivity index (χ2v) is 9.24. The lowest BCUT2D eigenvalue weighted by Gasteiger charge is -2.19. The van der Waals surface area contributed by atoms with Crippen LogP contribution in [0, 0.1) is 0 Å². The van der Waals surface area contributed by atoms with Gasteiger partial charge in [0, 0.05) is 18.0 Å². The Balaban J connectivity index is 1.59. The molecule has 1 aromatic heterocycles. The fourth-order valence-electron chi connectivity index (χ4n) is 2.70. The number of hydrogen-bond donors (Lipinski definition) is 1. The Morgan fingerprint density at radius 3 is 2.39 bits per heavy atom. The lowest BCUT2D eigenvalue weighted by atomic mass is 9.87. The van der Waals surface area contributed by atoms with E-state index in [-0.39, 0.29) is 23.5 Å². The second kappa shape index (κ2) is 7.77. The Morgan fingerprint density at radius 2 is 1.71 bits per heavy atom. The number of hydrogen-bond acceptors (Lipinski definition) is 5. The summed E-state index contributed by atoms with van der Waals surface area (Å²) in [4.78, 5) is 11.3. The second-order valence-electron chi connectivity index (χ2n) is 7.47. The zero-order valence-electron chi connectivity index (χ0n) is 16.1. The summed E-state index contributed by atoms with van der Waals surface area (Å²) in [5.41, 5.74) is 1.13. The largest absolute Gasteiger partial charge is 0.492 e. The molecule has 148 valence electrons. The number of rotatable bonds is 6. The van der Waals surface area contributed by atoms with Gasteiger partial charge in [-0.15, -0.1) is 0 Å². The van der Waals surface area contributed by atoms with Crippen molar-refractivity contribution in [3.63, 3.8) is 0 Å². The van der Waals surface area contributed by atoms with E-state index in [1.807, 2.05) is 24.3 Å². The van der Waals surface area contributed by atoms with Crippen molar-refractivity contribution in [1.29, 1.82) is 0 Å². The summed E-state index contributed by atoms with van der Waals surface area (Å²) >= 11 is 0. The molecular formula is C21H23NO5S. The van der Waals surface area contributed by atoms with Crippen molar-refractivity contribution in [2.24, 2.45) is 0 Å². The smallest absolute Gasteiger partial charge is 0.336 e. The van der Waals surface area contributed by atoms with Crippen molar-refractivity contribution in [1.82, 2.24) is 4.72 Å². The molecule has 28 heavy (non-hydrogen) atoms. The lowest BCUT2D eigenvalue weighted by molar-refractivity contribution is 0.322. The average molecular weight is 401 g/mol. The highest BCUT2D eigenvalue weighted by Crippen LogP contribution is 2.24. The third kappa shape index (κ3) is 4.79. The van der Waals surface area contributed by atoms with Gasteiger partial charge in [-0.1, -0.05) is 32.9 Å². The van der Waals surface area contributed by atoms with E-state index in [4.69, 9.17) is 9.15 Å². The van der Waals surface area contributed by atoms with Gasteiger partial charge in [-0.2, -0.15) is 0 Å². The van der Waals surface area contributed by atoms with Crippen LogP contribution in [0.25, 0.3) is 11.0 Å². The van der Waals surface area contributed by atoms with Gasteiger partial charge in [-0.3, -0.25) is 0 Å². The Bertz CT molecular complexity index is 1130. The van der Waals surface area contributed by atoms with Crippen LogP contribution in [0.5, 0.6) is 5.75 Å². The Morgan fingerprint density at radius 1 is 1.00 bits per heavy atom. The fourth-order valence-corrected chi connectivity index (χ4v) is 3.74. The topological polar surface area (TPSA) is 85.6 Å². The first-order valence-corrected chi connectivity index (χ1v) is 10.4. The first kappa shape index (κ1) is 20.1. The Labute approximate surface area is 164 Å². The van der Waals surface area contributed by atoms with Crippen molar-refractivity contribution >= 4 is 21.0 Å². The number of sulfonamides is 1. The van der Waals surface area contributed by atoms with Gasteiger partial charge in [0.2, 0.25) is 10.0 Å². The molecule has 0 aliphatic carbocycles. The maximum atomic E-state index is 12.5. The predicted octanol–water partition coefficient (Wildman–Crippen LogP) is 3.45. The molecular weight excluding hydrogens is 378 g/mol. The maximum Gasteiger partial charge on any atom is 0.336 e. The standard InChI is InChI=1S/C21H23NO5S/c1-21(2,3)16-5-7-17(8-6-16)26-13-12-22-28(24,25)18-9-10-19-15(14-18)4-11-20(23)27-19/h4-11,14,22H,12-13H2,1-3H3. The van der Waals surface area contributed by atoms with Crippen LogP contribution in [0.3, 0.4) is 0 Å². The van der Waals surface area contributed by atoms with Gasteiger partial charge in [0.25, 0.3) is 0 Å². The van der Waals surface area contributed by atoms with E-state index in [0.29, 0.717) is 16.7 Å². The van der Waals surface area contributed by atoms with Crippen LogP contribution >= 0.6 is 0 Å². The van der Waals surface area contributed by atoms with Crippen LogP contribution in [0.15, 0.2) is 68.7 Å².